The van der Waals surface area contributed by atoms with Crippen molar-refractivity contribution < 1.29 is 60.0 Å². The first-order valence-electron chi connectivity index (χ1n) is 7.13. The summed E-state index contributed by atoms with van der Waals surface area (Å²) < 4.78 is 10.4. The minimum absolute atomic E-state index is 0. The van der Waals surface area contributed by atoms with Crippen LogP contribution in [0.15, 0.2) is 0 Å². The Hall–Kier alpha value is -0.832. The fourth-order valence-electron chi connectivity index (χ4n) is 1.93. The summed E-state index contributed by atoms with van der Waals surface area (Å²) in [5.41, 5.74) is 14.6. The first kappa shape index (κ1) is 26.4. The summed E-state index contributed by atoms with van der Waals surface area (Å²) in [6.07, 6.45) is 2.19. The van der Waals surface area contributed by atoms with Crippen molar-refractivity contribution in [2.24, 2.45) is 0 Å². The van der Waals surface area contributed by atoms with Gasteiger partial charge in [-0.2, -0.15) is 12.1 Å². The van der Waals surface area contributed by atoms with Crippen molar-refractivity contribution in [3.05, 3.63) is 11.5 Å². The molecule has 0 aromatic heterocycles. The fraction of sp³-hybridized carbons (Fsp3) is 0.750. The van der Waals surface area contributed by atoms with Crippen LogP contribution >= 0.6 is 7.60 Å². The van der Waals surface area contributed by atoms with Crippen molar-refractivity contribution in [1.82, 2.24) is 5.32 Å². The van der Waals surface area contributed by atoms with E-state index in [4.69, 9.17) is 31.5 Å². The molecular formula is C12H22N3O8PPt. The van der Waals surface area contributed by atoms with Crippen LogP contribution < -0.4 is 5.32 Å². The van der Waals surface area contributed by atoms with Crippen molar-refractivity contribution in [3.63, 3.8) is 0 Å². The molecule has 0 saturated heterocycles. The van der Waals surface area contributed by atoms with E-state index in [-0.39, 0.29) is 33.1 Å². The second-order valence-electron chi connectivity index (χ2n) is 5.38. The summed E-state index contributed by atoms with van der Waals surface area (Å²) in [7, 11) is -4.59. The van der Waals surface area contributed by atoms with E-state index >= 15 is 0 Å². The first-order valence-corrected chi connectivity index (χ1v) is 8.93. The van der Waals surface area contributed by atoms with E-state index < -0.39 is 44.1 Å². The maximum absolute atomic E-state index is 10.9. The van der Waals surface area contributed by atoms with Crippen LogP contribution in [-0.4, -0.2) is 62.1 Å². The van der Waals surface area contributed by atoms with Gasteiger partial charge in [0.25, 0.3) is 0 Å². The number of rotatable bonds is 6. The van der Waals surface area contributed by atoms with Crippen molar-refractivity contribution in [3.8, 4) is 0 Å². The van der Waals surface area contributed by atoms with Gasteiger partial charge >= 0.3 is 40.6 Å². The monoisotopic (exact) mass is 562 g/mol. The Morgan fingerprint density at radius 2 is 1.52 bits per heavy atom. The molecular weight excluding hydrogens is 540 g/mol. The van der Waals surface area contributed by atoms with E-state index in [1.54, 1.807) is 5.32 Å². The molecule has 0 aliphatic heterocycles. The number of carbonyl (C=O) groups excluding carboxylic acids is 1. The molecule has 1 amide bonds. The molecule has 13 heteroatoms. The Labute approximate surface area is 158 Å². The van der Waals surface area contributed by atoms with Gasteiger partial charge in [0.1, 0.15) is 12.2 Å². The third kappa shape index (κ3) is 14.1. The van der Waals surface area contributed by atoms with Crippen LogP contribution in [0, 0.1) is 0 Å². The van der Waals surface area contributed by atoms with Gasteiger partial charge in [-0.3, -0.25) is 14.2 Å². The third-order valence-corrected chi connectivity index (χ3v) is 3.83. The Balaban J connectivity index is 0. The molecule has 1 aliphatic carbocycles. The maximum atomic E-state index is 10.9. The van der Waals surface area contributed by atoms with Gasteiger partial charge in [-0.1, -0.05) is 25.7 Å². The topological polar surface area (TPSA) is 209 Å². The van der Waals surface area contributed by atoms with Crippen LogP contribution in [0.1, 0.15) is 32.1 Å². The molecule has 0 spiro atoms. The number of carboxylic acid groups (broad SMARTS) is 2. The molecule has 0 aromatic rings. The Kier molecular flexibility index (Phi) is 13.2. The largest absolute Gasteiger partial charge is 2.00 e. The smallest absolute Gasteiger partial charge is 0.676 e. The summed E-state index contributed by atoms with van der Waals surface area (Å²) in [5, 5.41) is 18.5. The van der Waals surface area contributed by atoms with E-state index in [1.165, 1.54) is 12.8 Å². The van der Waals surface area contributed by atoms with Crippen LogP contribution in [0.5, 0.6) is 0 Å². The standard InChI is InChI=1S/C6H12N2.C6H10NO8P.Pt/c7-5-3-1-2-4-6(5)8;8-4(2-16(13,14)15)7-3(6(11)12)1-5(9)10;/h5-8H,1-4H2;3H,1-2H2,(H,7,8)(H,9,10)(H,11,12)(H2,13,14,15);/q-2;;+2. The molecule has 0 bridgehead atoms. The number of nitrogens with one attached hydrogen (secondary N) is 3. The van der Waals surface area contributed by atoms with E-state index in [1.807, 2.05) is 0 Å². The average Bonchev–Trinajstić information content (AvgIpc) is 2.39. The molecule has 0 heterocycles. The maximum Gasteiger partial charge on any atom is 2.00 e. The second-order valence-corrected chi connectivity index (χ2v) is 7.02. The third-order valence-electron chi connectivity index (χ3n) is 3.13. The Morgan fingerprint density at radius 3 is 1.80 bits per heavy atom. The molecule has 11 nitrogen and oxygen atoms in total. The number of aliphatic carboxylic acids is 2. The number of hydrogen-bond donors (Lipinski definition) is 5. The van der Waals surface area contributed by atoms with E-state index in [9.17, 15) is 18.9 Å². The fourth-order valence-corrected chi connectivity index (χ4v) is 2.40. The molecule has 0 radical (unpaired) electrons. The van der Waals surface area contributed by atoms with Crippen LogP contribution in [0.3, 0.4) is 0 Å². The minimum atomic E-state index is -4.59. The van der Waals surface area contributed by atoms with Crippen LogP contribution in [-0.2, 0) is 40.0 Å². The summed E-state index contributed by atoms with van der Waals surface area (Å²) in [6.45, 7) is 0. The molecule has 3 atom stereocenters. The zero-order valence-corrected chi connectivity index (χ0v) is 16.3. The van der Waals surface area contributed by atoms with E-state index in [0.717, 1.165) is 12.8 Å². The summed E-state index contributed by atoms with van der Waals surface area (Å²) in [5.74, 6) is -4.27. The molecule has 7 N–H and O–H groups in total. The number of carboxylic acids is 2. The Morgan fingerprint density at radius 1 is 1.08 bits per heavy atom. The molecule has 3 unspecified atom stereocenters. The van der Waals surface area contributed by atoms with Crippen LogP contribution in [0.4, 0.5) is 0 Å². The summed E-state index contributed by atoms with van der Waals surface area (Å²) in [4.78, 5) is 48.4. The van der Waals surface area contributed by atoms with Gasteiger partial charge in [0.2, 0.25) is 5.91 Å². The van der Waals surface area contributed by atoms with Gasteiger partial charge in [-0.05, 0) is 0 Å². The van der Waals surface area contributed by atoms with Gasteiger partial charge in [0.05, 0.1) is 6.42 Å². The molecule has 148 valence electrons. The van der Waals surface area contributed by atoms with Gasteiger partial charge in [-0.15, -0.1) is 0 Å². The van der Waals surface area contributed by atoms with Crippen LogP contribution in [0.25, 0.3) is 11.5 Å². The van der Waals surface area contributed by atoms with Gasteiger partial charge in [0.15, 0.2) is 0 Å². The zero-order chi connectivity index (χ0) is 18.9. The zero-order valence-electron chi connectivity index (χ0n) is 13.2. The Bertz CT molecular complexity index is 491. The van der Waals surface area contributed by atoms with Gasteiger partial charge < -0.3 is 36.8 Å². The SMILES string of the molecule is O=C(O)CC(NC(=O)CP(=O)(O)O)C(=O)O.[NH-]C1CCCCC1[NH-].[Pt+2]. The number of carbonyl (C=O) groups is 3. The van der Waals surface area contributed by atoms with Gasteiger partial charge in [-0.25, -0.2) is 4.79 Å². The van der Waals surface area contributed by atoms with E-state index in [0.29, 0.717) is 0 Å². The summed E-state index contributed by atoms with van der Waals surface area (Å²) in [6, 6.07) is -1.87. The first-order chi connectivity index (χ1) is 10.9. The molecule has 1 rings (SSSR count). The van der Waals surface area contributed by atoms with Crippen molar-refractivity contribution in [2.45, 2.75) is 50.2 Å². The normalized spacial score (nSPS) is 21.0. The predicted molar refractivity (Wildman–Crippen MR) is 83.4 cm³/mol. The van der Waals surface area contributed by atoms with E-state index in [2.05, 4.69) is 0 Å². The predicted octanol–water partition coefficient (Wildman–Crippen LogP) is 0.608. The molecule has 1 saturated carbocycles. The molecule has 1 aliphatic rings. The molecule has 25 heavy (non-hydrogen) atoms. The van der Waals surface area contributed by atoms with Gasteiger partial charge in [0, 0.05) is 0 Å². The number of hydrogen-bond acceptors (Lipinski definition) is 4. The molecule has 1 fully saturated rings. The van der Waals surface area contributed by atoms with Crippen molar-refractivity contribution in [2.75, 3.05) is 6.16 Å². The second kappa shape index (κ2) is 12.5. The quantitative estimate of drug-likeness (QED) is 0.289. The molecule has 0 aromatic carbocycles. The van der Waals surface area contributed by atoms with Crippen molar-refractivity contribution >= 4 is 25.4 Å². The minimum Gasteiger partial charge on any atom is -0.676 e. The van der Waals surface area contributed by atoms with Crippen LogP contribution in [0.2, 0.25) is 0 Å². The van der Waals surface area contributed by atoms with Crippen molar-refractivity contribution in [1.29, 1.82) is 0 Å². The summed E-state index contributed by atoms with van der Waals surface area (Å²) >= 11 is 0. The average molecular weight is 562 g/mol. The number of amides is 1.